The van der Waals surface area contributed by atoms with Crippen LogP contribution in [0.15, 0.2) is 42.0 Å². The lowest BCUT2D eigenvalue weighted by Gasteiger charge is -2.24. The maximum atomic E-state index is 12.0. The molecule has 2 aliphatic carbocycles. The van der Waals surface area contributed by atoms with Gasteiger partial charge in [-0.3, -0.25) is 4.79 Å². The van der Waals surface area contributed by atoms with Crippen molar-refractivity contribution in [3.05, 3.63) is 58.7 Å². The van der Waals surface area contributed by atoms with Gasteiger partial charge < -0.3 is 4.57 Å². The van der Waals surface area contributed by atoms with E-state index in [1.54, 1.807) is 12.5 Å². The first-order valence-corrected chi connectivity index (χ1v) is 10.9. The van der Waals surface area contributed by atoms with Gasteiger partial charge in [0.2, 0.25) is 0 Å². The van der Waals surface area contributed by atoms with Crippen molar-refractivity contribution in [2.75, 3.05) is 0 Å². The molecule has 0 radical (unpaired) electrons. The van der Waals surface area contributed by atoms with Crippen molar-refractivity contribution < 1.29 is 4.79 Å². The number of ketones is 1. The lowest BCUT2D eigenvalue weighted by Crippen LogP contribution is -2.14. The molecule has 1 heterocycles. The quantitative estimate of drug-likeness (QED) is 0.373. The number of nitrogens with zero attached hydrogens (tertiary/aromatic N) is 1. The van der Waals surface area contributed by atoms with Gasteiger partial charge in [-0.2, -0.15) is 0 Å². The molecule has 1 atom stereocenters. The van der Waals surface area contributed by atoms with Crippen LogP contribution in [-0.2, 0) is 19.4 Å². The van der Waals surface area contributed by atoms with Crippen LogP contribution >= 0.6 is 0 Å². The molecule has 0 spiro atoms. The predicted molar refractivity (Wildman–Crippen MR) is 117 cm³/mol. The van der Waals surface area contributed by atoms with E-state index in [4.69, 9.17) is 0 Å². The second-order valence-electron chi connectivity index (χ2n) is 8.71. The number of aryl methyl sites for hydroxylation is 2. The second-order valence-corrected chi connectivity index (χ2v) is 8.71. The third-order valence-corrected chi connectivity index (χ3v) is 6.97. The Balaban J connectivity index is 1.69. The summed E-state index contributed by atoms with van der Waals surface area (Å²) in [5, 5.41) is 2.69. The van der Waals surface area contributed by atoms with Gasteiger partial charge in [-0.15, -0.1) is 0 Å². The first-order valence-electron chi connectivity index (χ1n) is 10.9. The highest BCUT2D eigenvalue weighted by molar-refractivity contribution is 6.12. The van der Waals surface area contributed by atoms with E-state index in [-0.39, 0.29) is 5.78 Å². The Labute approximate surface area is 167 Å². The van der Waals surface area contributed by atoms with E-state index in [1.165, 1.54) is 77.9 Å². The third-order valence-electron chi connectivity index (χ3n) is 6.97. The van der Waals surface area contributed by atoms with Crippen molar-refractivity contribution in [2.45, 2.75) is 65.3 Å². The van der Waals surface area contributed by atoms with E-state index in [0.29, 0.717) is 5.92 Å². The molecule has 0 N–H and O–H groups in total. The largest absolute Gasteiger partial charge is 0.340 e. The topological polar surface area (TPSA) is 22.0 Å². The van der Waals surface area contributed by atoms with Gasteiger partial charge in [-0.05, 0) is 93.2 Å². The van der Waals surface area contributed by atoms with Gasteiger partial charge in [0.25, 0.3) is 0 Å². The van der Waals surface area contributed by atoms with E-state index < -0.39 is 0 Å². The molecule has 2 aliphatic rings. The Morgan fingerprint density at radius 3 is 2.82 bits per heavy atom. The minimum Gasteiger partial charge on any atom is -0.340 e. The molecule has 28 heavy (non-hydrogen) atoms. The molecule has 0 saturated carbocycles. The van der Waals surface area contributed by atoms with Crippen LogP contribution in [0.5, 0.6) is 0 Å². The molecule has 0 fully saturated rings. The van der Waals surface area contributed by atoms with Gasteiger partial charge in [0.15, 0.2) is 5.78 Å². The highest BCUT2D eigenvalue weighted by Gasteiger charge is 2.23. The van der Waals surface area contributed by atoms with E-state index in [1.807, 2.05) is 6.07 Å². The minimum absolute atomic E-state index is 0.153. The number of Topliss-reactive ketones (excluding diaryl/α,β-unsaturated/α-hetero) is 1. The van der Waals surface area contributed by atoms with Gasteiger partial charge in [0, 0.05) is 33.9 Å². The molecule has 0 amide bonds. The second kappa shape index (κ2) is 6.92. The highest BCUT2D eigenvalue weighted by atomic mass is 16.1. The summed E-state index contributed by atoms with van der Waals surface area (Å²) in [6, 6.07) is 11.0. The summed E-state index contributed by atoms with van der Waals surface area (Å²) in [5.74, 6) is 0.861. The molecule has 0 saturated heterocycles. The van der Waals surface area contributed by atoms with Crippen molar-refractivity contribution in [2.24, 2.45) is 5.92 Å². The minimum atomic E-state index is 0.153. The summed E-state index contributed by atoms with van der Waals surface area (Å²) in [7, 11) is 0. The Morgan fingerprint density at radius 2 is 2.00 bits per heavy atom. The van der Waals surface area contributed by atoms with E-state index in [0.717, 1.165) is 12.1 Å². The summed E-state index contributed by atoms with van der Waals surface area (Å²) in [6.45, 7) is 5.03. The molecule has 1 unspecified atom stereocenters. The van der Waals surface area contributed by atoms with Crippen molar-refractivity contribution >= 4 is 27.6 Å². The zero-order valence-corrected chi connectivity index (χ0v) is 17.1. The summed E-state index contributed by atoms with van der Waals surface area (Å²) in [4.78, 5) is 12.0. The smallest absolute Gasteiger partial charge is 0.159 e. The summed E-state index contributed by atoms with van der Waals surface area (Å²) in [5.41, 5.74) is 8.15. The predicted octanol–water partition coefficient (Wildman–Crippen LogP) is 6.62. The number of hydrogen-bond donors (Lipinski definition) is 0. The summed E-state index contributed by atoms with van der Waals surface area (Å²) >= 11 is 0. The SMILES string of the molecule is CCC1=CCCC(Cn2c3ccc(C(C)=O)cc3c3c4c(ccc32)CCC4)C1. The maximum absolute atomic E-state index is 12.0. The van der Waals surface area contributed by atoms with Gasteiger partial charge >= 0.3 is 0 Å². The van der Waals surface area contributed by atoms with Crippen LogP contribution in [0, 0.1) is 5.92 Å². The molecular weight excluding hydrogens is 342 g/mol. The number of aromatic nitrogens is 1. The number of fused-ring (bicyclic) bond motifs is 5. The maximum Gasteiger partial charge on any atom is 0.159 e. The average molecular weight is 372 g/mol. The fourth-order valence-electron chi connectivity index (χ4n) is 5.48. The van der Waals surface area contributed by atoms with Crippen LogP contribution < -0.4 is 0 Å². The summed E-state index contributed by atoms with van der Waals surface area (Å²) < 4.78 is 2.55. The monoisotopic (exact) mass is 371 g/mol. The molecule has 0 aliphatic heterocycles. The van der Waals surface area contributed by atoms with Gasteiger partial charge in [-0.25, -0.2) is 0 Å². The molecular formula is C26H29NO. The van der Waals surface area contributed by atoms with Crippen LogP contribution in [0.1, 0.15) is 67.4 Å². The lowest BCUT2D eigenvalue weighted by atomic mass is 9.87. The fraction of sp³-hybridized carbons (Fsp3) is 0.423. The van der Waals surface area contributed by atoms with E-state index in [2.05, 4.69) is 41.8 Å². The molecule has 5 rings (SSSR count). The van der Waals surface area contributed by atoms with E-state index in [9.17, 15) is 4.79 Å². The van der Waals surface area contributed by atoms with Gasteiger partial charge in [0.1, 0.15) is 0 Å². The third kappa shape index (κ3) is 2.82. The Hall–Kier alpha value is -2.35. The van der Waals surface area contributed by atoms with Gasteiger partial charge in [0.05, 0.1) is 0 Å². The molecule has 0 bridgehead atoms. The molecule has 2 aromatic carbocycles. The molecule has 2 nitrogen and oxygen atoms in total. The molecule has 3 aromatic rings. The number of carbonyl (C=O) groups is 1. The number of rotatable bonds is 4. The molecule has 1 aromatic heterocycles. The lowest BCUT2D eigenvalue weighted by molar-refractivity contribution is 0.101. The highest BCUT2D eigenvalue weighted by Crippen LogP contribution is 2.39. The first kappa shape index (κ1) is 17.7. The zero-order chi connectivity index (χ0) is 19.3. The zero-order valence-electron chi connectivity index (χ0n) is 17.1. The standard InChI is InChI=1S/C26H29NO/c1-3-18-6-4-7-19(14-18)16-27-24-12-11-21(17(2)28)15-23(24)26-22-9-5-8-20(22)10-13-25(26)27/h6,10-13,15,19H,3-5,7-9,14,16H2,1-2H3. The Morgan fingerprint density at radius 1 is 1.14 bits per heavy atom. The van der Waals surface area contributed by atoms with Crippen LogP contribution in [0.2, 0.25) is 0 Å². The summed E-state index contributed by atoms with van der Waals surface area (Å²) in [6.07, 6.45) is 11.0. The Bertz CT molecular complexity index is 1110. The number of hydrogen-bond acceptors (Lipinski definition) is 1. The number of benzene rings is 2. The van der Waals surface area contributed by atoms with Crippen LogP contribution in [0.25, 0.3) is 21.8 Å². The number of carbonyl (C=O) groups excluding carboxylic acids is 1. The average Bonchev–Trinajstić information content (AvgIpc) is 3.30. The van der Waals surface area contributed by atoms with E-state index >= 15 is 0 Å². The van der Waals surface area contributed by atoms with Crippen molar-refractivity contribution in [3.8, 4) is 0 Å². The van der Waals surface area contributed by atoms with Gasteiger partial charge in [-0.1, -0.05) is 24.6 Å². The van der Waals surface area contributed by atoms with Crippen LogP contribution in [0.4, 0.5) is 0 Å². The van der Waals surface area contributed by atoms with Crippen molar-refractivity contribution in [1.82, 2.24) is 4.57 Å². The van der Waals surface area contributed by atoms with Crippen molar-refractivity contribution in [1.29, 1.82) is 0 Å². The fourth-order valence-corrected chi connectivity index (χ4v) is 5.48. The normalized spacial score (nSPS) is 19.2. The molecule has 2 heteroatoms. The first-order chi connectivity index (χ1) is 13.7. The van der Waals surface area contributed by atoms with Crippen molar-refractivity contribution in [3.63, 3.8) is 0 Å². The number of allylic oxidation sites excluding steroid dienone is 2. The Kier molecular flexibility index (Phi) is 4.38. The van der Waals surface area contributed by atoms with Crippen LogP contribution in [0.3, 0.4) is 0 Å². The molecule has 144 valence electrons. The van der Waals surface area contributed by atoms with Crippen LogP contribution in [-0.4, -0.2) is 10.4 Å².